The Morgan fingerprint density at radius 3 is 2.52 bits per heavy atom. The Labute approximate surface area is 149 Å². The van der Waals surface area contributed by atoms with Gasteiger partial charge in [-0.25, -0.2) is 4.79 Å². The van der Waals surface area contributed by atoms with Gasteiger partial charge in [0.05, 0.1) is 0 Å². The lowest BCUT2D eigenvalue weighted by atomic mass is 9.73. The van der Waals surface area contributed by atoms with E-state index in [0.717, 1.165) is 12.0 Å². The zero-order valence-electron chi connectivity index (χ0n) is 15.5. The van der Waals surface area contributed by atoms with Crippen LogP contribution in [-0.2, 0) is 10.3 Å². The Morgan fingerprint density at radius 2 is 2.00 bits per heavy atom. The molecule has 0 saturated carbocycles. The summed E-state index contributed by atoms with van der Waals surface area (Å²) < 4.78 is 5.59. The summed E-state index contributed by atoms with van der Waals surface area (Å²) in [5.74, 6) is 0. The van der Waals surface area contributed by atoms with Gasteiger partial charge in [-0.3, -0.25) is 15.0 Å². The van der Waals surface area contributed by atoms with Crippen molar-refractivity contribution in [1.82, 2.24) is 4.90 Å². The van der Waals surface area contributed by atoms with Crippen LogP contribution in [0.25, 0.3) is 0 Å². The number of benzene rings is 1. The van der Waals surface area contributed by atoms with E-state index in [2.05, 4.69) is 0 Å². The first-order valence-electron chi connectivity index (χ1n) is 8.92. The molecule has 2 rings (SSSR count). The zero-order valence-corrected chi connectivity index (χ0v) is 15.5. The van der Waals surface area contributed by atoms with Crippen LogP contribution in [0.2, 0.25) is 0 Å². The molecule has 0 aromatic heterocycles. The molecule has 0 radical (unpaired) electrons. The van der Waals surface area contributed by atoms with Crippen molar-refractivity contribution >= 4 is 6.09 Å². The van der Waals surface area contributed by atoms with Gasteiger partial charge in [-0.05, 0) is 39.2 Å². The van der Waals surface area contributed by atoms with E-state index in [9.17, 15) is 14.9 Å². The third-order valence-electron chi connectivity index (χ3n) is 4.67. The van der Waals surface area contributed by atoms with Crippen molar-refractivity contribution in [2.24, 2.45) is 0 Å². The van der Waals surface area contributed by atoms with Crippen molar-refractivity contribution in [3.63, 3.8) is 0 Å². The fourth-order valence-electron chi connectivity index (χ4n) is 3.81. The fraction of sp³-hybridized carbons (Fsp3) is 0.632. The first-order chi connectivity index (χ1) is 11.7. The van der Waals surface area contributed by atoms with Gasteiger partial charge in [0.2, 0.25) is 6.04 Å². The van der Waals surface area contributed by atoms with E-state index in [1.165, 1.54) is 0 Å². The van der Waals surface area contributed by atoms with Gasteiger partial charge in [0, 0.05) is 17.9 Å². The molecule has 1 heterocycles. The molecule has 1 aromatic carbocycles. The summed E-state index contributed by atoms with van der Waals surface area (Å²) in [6.07, 6.45) is 1.85. The Bertz CT molecular complexity index is 612. The number of ether oxygens (including phenoxy) is 1. The quantitative estimate of drug-likeness (QED) is 0.599. The van der Waals surface area contributed by atoms with Gasteiger partial charge in [-0.2, -0.15) is 0 Å². The number of amides is 1. The van der Waals surface area contributed by atoms with Gasteiger partial charge in [-0.1, -0.05) is 43.7 Å². The summed E-state index contributed by atoms with van der Waals surface area (Å²) in [5, 5.41) is 11.9. The average Bonchev–Trinajstić information content (AvgIpc) is 2.54. The Kier molecular flexibility index (Phi) is 5.70. The van der Waals surface area contributed by atoms with Crippen molar-refractivity contribution in [2.75, 3.05) is 6.54 Å². The lowest BCUT2D eigenvalue weighted by molar-refractivity contribution is -0.546. The number of likely N-dealkylation sites (tertiary alicyclic amines) is 1. The van der Waals surface area contributed by atoms with Crippen molar-refractivity contribution in [1.29, 1.82) is 0 Å². The maximum atomic E-state index is 12.9. The van der Waals surface area contributed by atoms with Gasteiger partial charge in [0.25, 0.3) is 0 Å². The number of carbonyl (C=O) groups is 1. The zero-order chi connectivity index (χ0) is 18.7. The molecule has 1 saturated heterocycles. The molecule has 6 nitrogen and oxygen atoms in total. The highest BCUT2D eigenvalue weighted by Gasteiger charge is 2.56. The maximum absolute atomic E-state index is 12.9. The van der Waals surface area contributed by atoms with E-state index in [1.807, 2.05) is 58.0 Å². The topological polar surface area (TPSA) is 72.7 Å². The molecular weight excluding hydrogens is 320 g/mol. The second kappa shape index (κ2) is 7.42. The van der Waals surface area contributed by atoms with Crippen molar-refractivity contribution in [3.8, 4) is 0 Å². The molecule has 1 amide bonds. The molecule has 0 bridgehead atoms. The van der Waals surface area contributed by atoms with Crippen LogP contribution in [0.5, 0.6) is 0 Å². The Hall–Kier alpha value is -2.11. The molecule has 0 N–H and O–H groups in total. The largest absolute Gasteiger partial charge is 0.444 e. The summed E-state index contributed by atoms with van der Waals surface area (Å²) in [6.45, 7) is 7.88. The lowest BCUT2D eigenvalue weighted by Crippen LogP contribution is -2.62. The van der Waals surface area contributed by atoms with E-state index >= 15 is 0 Å². The van der Waals surface area contributed by atoms with Crippen LogP contribution in [0.3, 0.4) is 0 Å². The SMILES string of the molecule is CCC[C@@]1(c2ccccc2)[C@@H]([N+](=O)[O-])CCCN1C(=O)OC(C)(C)C. The van der Waals surface area contributed by atoms with Crippen LogP contribution in [0.1, 0.15) is 58.9 Å². The van der Waals surface area contributed by atoms with Crippen molar-refractivity contribution in [2.45, 2.75) is 70.6 Å². The molecule has 1 aliphatic rings. The predicted octanol–water partition coefficient (Wildman–Crippen LogP) is 4.36. The minimum atomic E-state index is -0.972. The molecule has 0 spiro atoms. The van der Waals surface area contributed by atoms with E-state index < -0.39 is 23.3 Å². The number of rotatable bonds is 4. The number of hydrogen-bond donors (Lipinski definition) is 0. The summed E-state index contributed by atoms with van der Waals surface area (Å²) in [7, 11) is 0. The van der Waals surface area contributed by atoms with E-state index in [1.54, 1.807) is 4.90 Å². The van der Waals surface area contributed by atoms with Gasteiger partial charge in [0.15, 0.2) is 0 Å². The van der Waals surface area contributed by atoms with Gasteiger partial charge in [0.1, 0.15) is 11.1 Å². The molecule has 1 aromatic rings. The molecule has 138 valence electrons. The summed E-state index contributed by atoms with van der Waals surface area (Å²) in [4.78, 5) is 26.2. The summed E-state index contributed by atoms with van der Waals surface area (Å²) >= 11 is 0. The average molecular weight is 348 g/mol. The smallest absolute Gasteiger partial charge is 0.411 e. The molecule has 6 heteroatoms. The molecule has 1 aliphatic heterocycles. The van der Waals surface area contributed by atoms with Gasteiger partial charge in [-0.15, -0.1) is 0 Å². The number of hydrogen-bond acceptors (Lipinski definition) is 4. The Balaban J connectivity index is 2.57. The van der Waals surface area contributed by atoms with Crippen LogP contribution >= 0.6 is 0 Å². The van der Waals surface area contributed by atoms with Crippen LogP contribution in [0.4, 0.5) is 4.79 Å². The summed E-state index contributed by atoms with van der Waals surface area (Å²) in [6, 6.07) is 8.54. The number of carbonyl (C=O) groups excluding carboxylic acids is 1. The standard InChI is InChI=1S/C19H28N2O4/c1-5-13-19(15-10-7-6-8-11-15)16(21(23)24)12-9-14-20(19)17(22)25-18(2,3)4/h6-8,10-11,16H,5,9,12-14H2,1-4H3/t16-,19+/m0/s1. The highest BCUT2D eigenvalue weighted by molar-refractivity contribution is 5.70. The van der Waals surface area contributed by atoms with Gasteiger partial charge < -0.3 is 4.74 Å². The number of nitro groups is 1. The highest BCUT2D eigenvalue weighted by Crippen LogP contribution is 2.43. The van der Waals surface area contributed by atoms with E-state index in [4.69, 9.17) is 4.74 Å². The monoisotopic (exact) mass is 348 g/mol. The first-order valence-corrected chi connectivity index (χ1v) is 8.92. The highest BCUT2D eigenvalue weighted by atomic mass is 16.6. The fourth-order valence-corrected chi connectivity index (χ4v) is 3.81. The summed E-state index contributed by atoms with van der Waals surface area (Å²) in [5.41, 5.74) is -0.808. The lowest BCUT2D eigenvalue weighted by Gasteiger charge is -2.48. The van der Waals surface area contributed by atoms with Crippen LogP contribution < -0.4 is 0 Å². The third kappa shape index (κ3) is 3.94. The molecule has 0 aliphatic carbocycles. The van der Waals surface area contributed by atoms with Crippen LogP contribution in [0.15, 0.2) is 30.3 Å². The third-order valence-corrected chi connectivity index (χ3v) is 4.67. The molecule has 25 heavy (non-hydrogen) atoms. The molecular formula is C19H28N2O4. The second-order valence-corrected chi connectivity index (χ2v) is 7.62. The number of piperidine rings is 1. The Morgan fingerprint density at radius 1 is 1.36 bits per heavy atom. The second-order valence-electron chi connectivity index (χ2n) is 7.62. The normalized spacial score (nSPS) is 24.0. The molecule has 2 atom stereocenters. The van der Waals surface area contributed by atoms with Crippen molar-refractivity contribution < 1.29 is 14.5 Å². The molecule has 1 fully saturated rings. The minimum Gasteiger partial charge on any atom is -0.444 e. The molecule has 0 unspecified atom stereocenters. The van der Waals surface area contributed by atoms with Crippen LogP contribution in [0, 0.1) is 10.1 Å². The van der Waals surface area contributed by atoms with Crippen LogP contribution in [-0.4, -0.2) is 34.1 Å². The number of nitrogens with zero attached hydrogens (tertiary/aromatic N) is 2. The van der Waals surface area contributed by atoms with Crippen molar-refractivity contribution in [3.05, 3.63) is 46.0 Å². The minimum absolute atomic E-state index is 0.223. The maximum Gasteiger partial charge on any atom is 0.411 e. The van der Waals surface area contributed by atoms with E-state index in [-0.39, 0.29) is 4.92 Å². The van der Waals surface area contributed by atoms with Gasteiger partial charge >= 0.3 is 6.09 Å². The first kappa shape index (κ1) is 19.2. The van der Waals surface area contributed by atoms with E-state index in [0.29, 0.717) is 25.8 Å². The predicted molar refractivity (Wildman–Crippen MR) is 96.0 cm³/mol.